The Morgan fingerprint density at radius 2 is 2.16 bits per heavy atom. The molecule has 160 valence electrons. The number of nitrogens with one attached hydrogen (secondary N) is 1. The van der Waals surface area contributed by atoms with Crippen LogP contribution in [0.2, 0.25) is 0 Å². The molecule has 0 aliphatic carbocycles. The zero-order chi connectivity index (χ0) is 21.8. The number of benzene rings is 1. The van der Waals surface area contributed by atoms with Gasteiger partial charge in [-0.3, -0.25) is 9.78 Å². The number of carbonyl (C=O) groups excluding carboxylic acids is 2. The number of ether oxygens (including phenoxy) is 3. The number of methoxy groups -OCH3 is 1. The third kappa shape index (κ3) is 4.83. The summed E-state index contributed by atoms with van der Waals surface area (Å²) in [6.45, 7) is 1.55. The van der Waals surface area contributed by atoms with E-state index in [9.17, 15) is 9.59 Å². The Morgan fingerprint density at radius 3 is 2.94 bits per heavy atom. The molecule has 0 radical (unpaired) electrons. The van der Waals surface area contributed by atoms with E-state index in [1.807, 2.05) is 36.5 Å². The monoisotopic (exact) mass is 439 g/mol. The van der Waals surface area contributed by atoms with Crippen LogP contribution in [-0.4, -0.2) is 35.0 Å². The van der Waals surface area contributed by atoms with E-state index in [4.69, 9.17) is 9.47 Å². The van der Waals surface area contributed by atoms with Crippen molar-refractivity contribution in [1.82, 2.24) is 15.3 Å². The number of aryl methyl sites for hydroxylation is 1. The number of pyridine rings is 1. The van der Waals surface area contributed by atoms with E-state index in [1.165, 1.54) is 13.3 Å². The lowest BCUT2D eigenvalue weighted by Crippen LogP contribution is -2.38. The SMILES string of the molecule is COC(=O)[C@@H](C)NC(=O)c1cnc(Oc2ccc3c(c2)CCC(c2cccnc2)O3)s1. The second-order valence-electron chi connectivity index (χ2n) is 7.01. The molecule has 2 atom stereocenters. The molecule has 1 N–H and O–H groups in total. The fourth-order valence-electron chi connectivity index (χ4n) is 3.24. The van der Waals surface area contributed by atoms with Gasteiger partial charge in [0.25, 0.3) is 11.1 Å². The standard InChI is InChI=1S/C22H21N3O5S/c1-13(21(27)28-2)25-20(26)19-12-24-22(31-19)29-16-6-8-17-14(10-16)5-7-18(30-17)15-4-3-9-23-11-15/h3-4,6,8-13,18H,5,7H2,1-2H3,(H,25,26)/t13-,18?/m1/s1. The van der Waals surface area contributed by atoms with Crippen LogP contribution >= 0.6 is 11.3 Å². The average molecular weight is 439 g/mol. The van der Waals surface area contributed by atoms with Crippen LogP contribution in [0.15, 0.2) is 48.9 Å². The Morgan fingerprint density at radius 1 is 1.29 bits per heavy atom. The summed E-state index contributed by atoms with van der Waals surface area (Å²) in [6.07, 6.45) is 6.68. The minimum absolute atomic E-state index is 0.0135. The first-order chi connectivity index (χ1) is 15.0. The van der Waals surface area contributed by atoms with Gasteiger partial charge in [-0.05, 0) is 49.6 Å². The van der Waals surface area contributed by atoms with Crippen LogP contribution in [0.4, 0.5) is 0 Å². The fraction of sp³-hybridized carbons (Fsp3) is 0.273. The van der Waals surface area contributed by atoms with Crippen molar-refractivity contribution in [3.05, 3.63) is 64.9 Å². The van der Waals surface area contributed by atoms with Crippen molar-refractivity contribution >= 4 is 23.2 Å². The summed E-state index contributed by atoms with van der Waals surface area (Å²) in [4.78, 5) is 32.4. The summed E-state index contributed by atoms with van der Waals surface area (Å²) < 4.78 is 16.6. The zero-order valence-electron chi connectivity index (χ0n) is 17.0. The minimum Gasteiger partial charge on any atom is -0.485 e. The summed E-state index contributed by atoms with van der Waals surface area (Å²) in [5, 5.41) is 2.90. The molecule has 3 aromatic rings. The molecule has 0 bridgehead atoms. The third-order valence-corrected chi connectivity index (χ3v) is 5.72. The third-order valence-electron chi connectivity index (χ3n) is 4.85. The number of nitrogens with zero attached hydrogens (tertiary/aromatic N) is 2. The average Bonchev–Trinajstić information content (AvgIpc) is 3.27. The second-order valence-corrected chi connectivity index (χ2v) is 8.01. The lowest BCUT2D eigenvalue weighted by Gasteiger charge is -2.26. The maximum Gasteiger partial charge on any atom is 0.328 e. The normalized spacial score (nSPS) is 15.9. The molecule has 2 aromatic heterocycles. The first-order valence-corrected chi connectivity index (χ1v) is 10.6. The van der Waals surface area contributed by atoms with Crippen molar-refractivity contribution in [3.63, 3.8) is 0 Å². The number of aromatic nitrogens is 2. The molecular weight excluding hydrogens is 418 g/mol. The molecule has 9 heteroatoms. The highest BCUT2D eigenvalue weighted by Gasteiger charge is 2.23. The predicted octanol–water partition coefficient (Wildman–Crippen LogP) is 3.69. The van der Waals surface area contributed by atoms with Crippen molar-refractivity contribution in [2.45, 2.75) is 31.9 Å². The first-order valence-electron chi connectivity index (χ1n) is 9.75. The van der Waals surface area contributed by atoms with Crippen LogP contribution < -0.4 is 14.8 Å². The van der Waals surface area contributed by atoms with E-state index in [2.05, 4.69) is 20.0 Å². The highest BCUT2D eigenvalue weighted by atomic mass is 32.1. The smallest absolute Gasteiger partial charge is 0.328 e. The van der Waals surface area contributed by atoms with Crippen molar-refractivity contribution < 1.29 is 23.8 Å². The van der Waals surface area contributed by atoms with Crippen LogP contribution in [-0.2, 0) is 16.0 Å². The highest BCUT2D eigenvalue weighted by Crippen LogP contribution is 2.37. The van der Waals surface area contributed by atoms with Crippen LogP contribution in [0.3, 0.4) is 0 Å². The molecule has 4 rings (SSSR count). The fourth-order valence-corrected chi connectivity index (χ4v) is 3.93. The number of hydrogen-bond acceptors (Lipinski definition) is 8. The van der Waals surface area contributed by atoms with Crippen molar-refractivity contribution in [2.75, 3.05) is 7.11 Å². The van der Waals surface area contributed by atoms with Gasteiger partial charge in [0, 0.05) is 18.0 Å². The van der Waals surface area contributed by atoms with Gasteiger partial charge in [0.05, 0.1) is 13.3 Å². The lowest BCUT2D eigenvalue weighted by atomic mass is 9.98. The van der Waals surface area contributed by atoms with E-state index in [1.54, 1.807) is 13.1 Å². The molecule has 1 amide bonds. The topological polar surface area (TPSA) is 99.6 Å². The summed E-state index contributed by atoms with van der Waals surface area (Å²) in [5.74, 6) is 0.511. The summed E-state index contributed by atoms with van der Waals surface area (Å²) in [5.41, 5.74) is 2.11. The highest BCUT2D eigenvalue weighted by molar-refractivity contribution is 7.15. The van der Waals surface area contributed by atoms with Gasteiger partial charge in [-0.25, -0.2) is 9.78 Å². The van der Waals surface area contributed by atoms with Gasteiger partial charge in [-0.2, -0.15) is 0 Å². The maximum absolute atomic E-state index is 12.3. The first kappa shape index (κ1) is 20.8. The van der Waals surface area contributed by atoms with Crippen molar-refractivity contribution in [1.29, 1.82) is 0 Å². The number of rotatable bonds is 6. The molecule has 0 fully saturated rings. The van der Waals surface area contributed by atoms with Gasteiger partial charge in [-0.1, -0.05) is 17.4 Å². The molecule has 1 aromatic carbocycles. The molecule has 1 aliphatic heterocycles. The predicted molar refractivity (Wildman–Crippen MR) is 114 cm³/mol. The largest absolute Gasteiger partial charge is 0.485 e. The molecule has 31 heavy (non-hydrogen) atoms. The minimum atomic E-state index is -0.750. The molecular formula is C22H21N3O5S. The van der Waals surface area contributed by atoms with Gasteiger partial charge in [0.2, 0.25) is 0 Å². The number of fused-ring (bicyclic) bond motifs is 1. The Balaban J connectivity index is 1.40. The summed E-state index contributed by atoms with van der Waals surface area (Å²) in [6, 6.07) is 8.79. The molecule has 0 spiro atoms. The quantitative estimate of drug-likeness (QED) is 0.585. The zero-order valence-corrected chi connectivity index (χ0v) is 17.8. The molecule has 8 nitrogen and oxygen atoms in total. The number of amides is 1. The van der Waals surface area contributed by atoms with Gasteiger partial charge >= 0.3 is 5.97 Å². The van der Waals surface area contributed by atoms with E-state index in [0.717, 1.165) is 41.1 Å². The van der Waals surface area contributed by atoms with Crippen LogP contribution in [0.5, 0.6) is 16.7 Å². The Hall–Kier alpha value is -3.46. The van der Waals surface area contributed by atoms with Crippen molar-refractivity contribution in [2.24, 2.45) is 0 Å². The van der Waals surface area contributed by atoms with Crippen LogP contribution in [0, 0.1) is 0 Å². The van der Waals surface area contributed by atoms with Crippen molar-refractivity contribution in [3.8, 4) is 16.7 Å². The molecule has 0 saturated carbocycles. The van der Waals surface area contributed by atoms with Gasteiger partial charge in [0.15, 0.2) is 0 Å². The summed E-state index contributed by atoms with van der Waals surface area (Å²) >= 11 is 1.10. The number of thiazole rings is 1. The van der Waals surface area contributed by atoms with Gasteiger partial charge < -0.3 is 19.5 Å². The van der Waals surface area contributed by atoms with Crippen LogP contribution in [0.25, 0.3) is 0 Å². The van der Waals surface area contributed by atoms with E-state index < -0.39 is 17.9 Å². The number of hydrogen-bond donors (Lipinski definition) is 1. The Bertz CT molecular complexity index is 1090. The summed E-state index contributed by atoms with van der Waals surface area (Å²) in [7, 11) is 1.27. The molecule has 3 heterocycles. The number of esters is 1. The maximum atomic E-state index is 12.3. The molecule has 0 saturated heterocycles. The van der Waals surface area contributed by atoms with E-state index >= 15 is 0 Å². The Labute approximate surface area is 183 Å². The van der Waals surface area contributed by atoms with Gasteiger partial charge in [-0.15, -0.1) is 0 Å². The number of carbonyl (C=O) groups is 2. The lowest BCUT2D eigenvalue weighted by molar-refractivity contribution is -0.142. The Kier molecular flexibility index (Phi) is 6.13. The van der Waals surface area contributed by atoms with Gasteiger partial charge in [0.1, 0.15) is 28.5 Å². The van der Waals surface area contributed by atoms with E-state index in [-0.39, 0.29) is 6.10 Å². The van der Waals surface area contributed by atoms with E-state index in [0.29, 0.717) is 15.8 Å². The molecule has 1 unspecified atom stereocenters. The van der Waals surface area contributed by atoms with Crippen LogP contribution in [0.1, 0.15) is 40.2 Å². The molecule has 1 aliphatic rings. The second kappa shape index (κ2) is 9.13.